The maximum absolute atomic E-state index is 11.6. The van der Waals surface area contributed by atoms with Gasteiger partial charge in [0.2, 0.25) is 6.10 Å². The summed E-state index contributed by atoms with van der Waals surface area (Å²) in [6.45, 7) is 0. The SMILES string of the molecule is NC(=O)c1cc(Cl)ccc1O[C@H](C(N)=O)c1ccccc1. The molecule has 0 aliphatic rings. The van der Waals surface area contributed by atoms with Crippen LogP contribution in [0.5, 0.6) is 5.75 Å². The van der Waals surface area contributed by atoms with Crippen molar-refractivity contribution in [3.63, 3.8) is 0 Å². The van der Waals surface area contributed by atoms with Gasteiger partial charge in [-0.15, -0.1) is 0 Å². The zero-order valence-electron chi connectivity index (χ0n) is 11.0. The van der Waals surface area contributed by atoms with E-state index in [1.54, 1.807) is 30.3 Å². The summed E-state index contributed by atoms with van der Waals surface area (Å²) in [6.07, 6.45) is -1.02. The number of amides is 2. The summed E-state index contributed by atoms with van der Waals surface area (Å²) in [5.41, 5.74) is 11.3. The second kappa shape index (κ2) is 6.28. The molecule has 2 aromatic carbocycles. The van der Waals surface area contributed by atoms with Crippen LogP contribution in [0.1, 0.15) is 22.0 Å². The van der Waals surface area contributed by atoms with Gasteiger partial charge < -0.3 is 16.2 Å². The molecule has 2 rings (SSSR count). The van der Waals surface area contributed by atoms with Gasteiger partial charge in [-0.05, 0) is 18.2 Å². The van der Waals surface area contributed by atoms with Gasteiger partial charge >= 0.3 is 0 Å². The fraction of sp³-hybridized carbons (Fsp3) is 0.0667. The van der Waals surface area contributed by atoms with Gasteiger partial charge in [0.1, 0.15) is 5.75 Å². The Bertz CT molecular complexity index is 674. The number of carbonyl (C=O) groups excluding carboxylic acids is 2. The number of hydrogen-bond donors (Lipinski definition) is 2. The third kappa shape index (κ3) is 3.52. The van der Waals surface area contributed by atoms with Crippen LogP contribution in [0.25, 0.3) is 0 Å². The third-order valence-corrected chi connectivity index (χ3v) is 3.05. The lowest BCUT2D eigenvalue weighted by molar-refractivity contribution is -0.125. The van der Waals surface area contributed by atoms with Crippen molar-refractivity contribution in [1.29, 1.82) is 0 Å². The average molecular weight is 305 g/mol. The zero-order chi connectivity index (χ0) is 15.4. The first-order chi connectivity index (χ1) is 9.99. The number of ether oxygens (including phenoxy) is 1. The highest BCUT2D eigenvalue weighted by atomic mass is 35.5. The third-order valence-electron chi connectivity index (χ3n) is 2.81. The zero-order valence-corrected chi connectivity index (χ0v) is 11.7. The molecule has 1 atom stereocenters. The van der Waals surface area contributed by atoms with Crippen LogP contribution in [0.2, 0.25) is 5.02 Å². The Kier molecular flexibility index (Phi) is 4.45. The number of primary amides is 2. The number of carbonyl (C=O) groups is 2. The molecule has 0 fully saturated rings. The van der Waals surface area contributed by atoms with Crippen molar-refractivity contribution in [3.8, 4) is 5.75 Å². The van der Waals surface area contributed by atoms with Crippen molar-refractivity contribution >= 4 is 23.4 Å². The standard InChI is InChI=1S/C15H13ClN2O3/c16-10-6-7-12(11(8-10)14(17)19)21-13(15(18)20)9-4-2-1-3-5-9/h1-8,13H,(H2,17,19)(H2,18,20)/t13-/m0/s1. The second-order valence-corrected chi connectivity index (χ2v) is 4.75. The molecule has 0 saturated carbocycles. The van der Waals surface area contributed by atoms with Gasteiger partial charge in [0.15, 0.2) is 0 Å². The first kappa shape index (κ1) is 14.9. The van der Waals surface area contributed by atoms with Crippen LogP contribution in [-0.4, -0.2) is 11.8 Å². The van der Waals surface area contributed by atoms with Crippen LogP contribution in [0.15, 0.2) is 48.5 Å². The van der Waals surface area contributed by atoms with Crippen molar-refractivity contribution in [2.24, 2.45) is 11.5 Å². The molecule has 6 heteroatoms. The van der Waals surface area contributed by atoms with Gasteiger partial charge in [-0.1, -0.05) is 41.9 Å². The summed E-state index contributed by atoms with van der Waals surface area (Å²) in [5.74, 6) is -1.23. The maximum atomic E-state index is 11.6. The minimum absolute atomic E-state index is 0.0877. The highest BCUT2D eigenvalue weighted by molar-refractivity contribution is 6.31. The van der Waals surface area contributed by atoms with E-state index < -0.39 is 17.9 Å². The van der Waals surface area contributed by atoms with Crippen molar-refractivity contribution < 1.29 is 14.3 Å². The van der Waals surface area contributed by atoms with E-state index in [-0.39, 0.29) is 11.3 Å². The molecule has 5 nitrogen and oxygen atoms in total. The van der Waals surface area contributed by atoms with E-state index in [2.05, 4.69) is 0 Å². The molecule has 0 saturated heterocycles. The van der Waals surface area contributed by atoms with Crippen LogP contribution < -0.4 is 16.2 Å². The Morgan fingerprint density at radius 1 is 1.05 bits per heavy atom. The van der Waals surface area contributed by atoms with E-state index in [9.17, 15) is 9.59 Å². The lowest BCUT2D eigenvalue weighted by Crippen LogP contribution is -2.27. The van der Waals surface area contributed by atoms with Crippen LogP contribution in [-0.2, 0) is 4.79 Å². The molecule has 108 valence electrons. The van der Waals surface area contributed by atoms with Gasteiger partial charge in [-0.3, -0.25) is 9.59 Å². The summed E-state index contributed by atoms with van der Waals surface area (Å²) in [7, 11) is 0. The largest absolute Gasteiger partial charge is 0.475 e. The predicted molar refractivity (Wildman–Crippen MR) is 79.0 cm³/mol. The average Bonchev–Trinajstić information content (AvgIpc) is 2.46. The fourth-order valence-corrected chi connectivity index (χ4v) is 2.01. The van der Waals surface area contributed by atoms with Crippen LogP contribution >= 0.6 is 11.6 Å². The summed E-state index contributed by atoms with van der Waals surface area (Å²) < 4.78 is 5.58. The lowest BCUT2D eigenvalue weighted by atomic mass is 10.1. The van der Waals surface area contributed by atoms with Crippen LogP contribution in [0.4, 0.5) is 0 Å². The Balaban J connectivity index is 2.39. The quantitative estimate of drug-likeness (QED) is 0.884. The van der Waals surface area contributed by atoms with E-state index in [1.165, 1.54) is 18.2 Å². The normalized spacial score (nSPS) is 11.7. The summed E-state index contributed by atoms with van der Waals surface area (Å²) >= 11 is 5.82. The van der Waals surface area contributed by atoms with Gasteiger partial charge in [0, 0.05) is 10.6 Å². The monoisotopic (exact) mass is 304 g/mol. The molecule has 4 N–H and O–H groups in total. The number of benzene rings is 2. The molecule has 0 spiro atoms. The number of rotatable bonds is 5. The Morgan fingerprint density at radius 3 is 2.29 bits per heavy atom. The summed E-state index contributed by atoms with van der Waals surface area (Å²) in [5, 5.41) is 0.339. The number of hydrogen-bond acceptors (Lipinski definition) is 3. The molecule has 2 aromatic rings. The molecular formula is C15H13ClN2O3. The Labute approximate surface area is 126 Å². The van der Waals surface area contributed by atoms with Crippen molar-refractivity contribution in [2.45, 2.75) is 6.10 Å². The first-order valence-electron chi connectivity index (χ1n) is 6.09. The fourth-order valence-electron chi connectivity index (χ4n) is 1.84. The van der Waals surface area contributed by atoms with Gasteiger partial charge in [0.25, 0.3) is 11.8 Å². The molecule has 0 aliphatic carbocycles. The molecule has 2 amide bonds. The van der Waals surface area contributed by atoms with E-state index in [1.807, 2.05) is 0 Å². The van der Waals surface area contributed by atoms with Gasteiger partial charge in [-0.2, -0.15) is 0 Å². The highest BCUT2D eigenvalue weighted by Gasteiger charge is 2.22. The van der Waals surface area contributed by atoms with Crippen molar-refractivity contribution in [1.82, 2.24) is 0 Å². The lowest BCUT2D eigenvalue weighted by Gasteiger charge is -2.18. The number of halogens is 1. The second-order valence-electron chi connectivity index (χ2n) is 4.32. The summed E-state index contributed by atoms with van der Waals surface area (Å²) in [6, 6.07) is 13.1. The first-order valence-corrected chi connectivity index (χ1v) is 6.47. The smallest absolute Gasteiger partial charge is 0.263 e. The minimum atomic E-state index is -1.02. The number of nitrogens with two attached hydrogens (primary N) is 2. The Morgan fingerprint density at radius 2 is 1.71 bits per heavy atom. The maximum Gasteiger partial charge on any atom is 0.263 e. The van der Waals surface area contributed by atoms with E-state index in [0.717, 1.165) is 0 Å². The molecule has 0 aromatic heterocycles. The van der Waals surface area contributed by atoms with E-state index in [0.29, 0.717) is 10.6 Å². The topological polar surface area (TPSA) is 95.4 Å². The molecule has 21 heavy (non-hydrogen) atoms. The molecule has 0 heterocycles. The van der Waals surface area contributed by atoms with Crippen LogP contribution in [0, 0.1) is 0 Å². The predicted octanol–water partition coefficient (Wildman–Crippen LogP) is 2.04. The van der Waals surface area contributed by atoms with Crippen molar-refractivity contribution in [2.75, 3.05) is 0 Å². The van der Waals surface area contributed by atoms with E-state index >= 15 is 0 Å². The molecule has 0 bridgehead atoms. The van der Waals surface area contributed by atoms with Gasteiger partial charge in [0.05, 0.1) is 5.56 Å². The highest BCUT2D eigenvalue weighted by Crippen LogP contribution is 2.27. The van der Waals surface area contributed by atoms with Crippen molar-refractivity contribution in [3.05, 3.63) is 64.7 Å². The van der Waals surface area contributed by atoms with E-state index in [4.69, 9.17) is 27.8 Å². The van der Waals surface area contributed by atoms with Crippen LogP contribution in [0.3, 0.4) is 0 Å². The summed E-state index contributed by atoms with van der Waals surface area (Å²) in [4.78, 5) is 23.0. The minimum Gasteiger partial charge on any atom is -0.475 e. The Hall–Kier alpha value is -2.53. The molecule has 0 unspecified atom stereocenters. The molecule has 0 radical (unpaired) electrons. The molecular weight excluding hydrogens is 292 g/mol. The van der Waals surface area contributed by atoms with Gasteiger partial charge in [-0.25, -0.2) is 0 Å². The molecule has 0 aliphatic heterocycles.